The van der Waals surface area contributed by atoms with Crippen LogP contribution in [0.1, 0.15) is 11.1 Å². The number of hydrogen-bond donors (Lipinski definition) is 1. The smallest absolute Gasteiger partial charge is 0.381 e. The van der Waals surface area contributed by atoms with Gasteiger partial charge in [0.15, 0.2) is 0 Å². The van der Waals surface area contributed by atoms with Crippen molar-refractivity contribution >= 4 is 11.0 Å². The summed E-state index contributed by atoms with van der Waals surface area (Å²) in [6.45, 7) is -0.651. The molecule has 11 heteroatoms. The predicted octanol–water partition coefficient (Wildman–Crippen LogP) is 3.51. The van der Waals surface area contributed by atoms with Crippen molar-refractivity contribution in [3.05, 3.63) is 78.1 Å². The fourth-order valence-electron chi connectivity index (χ4n) is 3.31. The Kier molecular flexibility index (Phi) is 4.77. The molecule has 0 saturated carbocycles. The van der Waals surface area contributed by atoms with Crippen LogP contribution < -0.4 is 0 Å². The molecule has 0 aliphatic heterocycles. The number of benzene rings is 2. The summed E-state index contributed by atoms with van der Waals surface area (Å²) >= 11 is 0. The summed E-state index contributed by atoms with van der Waals surface area (Å²) in [6, 6.07) is 5.71. The number of nitrogens with zero attached hydrogens (tertiary/aromatic N) is 5. The Labute approximate surface area is 166 Å². The fraction of sp³-hybridized carbons (Fsp3) is 0.211. The number of halogens is 5. The SMILES string of the molecule is OC(Cn1cncn1)(Cn1cnc2ccc(C(F)(F)F)cc21)c1ccc(F)cc1F. The molecule has 0 aliphatic carbocycles. The van der Waals surface area contributed by atoms with E-state index in [-0.39, 0.29) is 29.7 Å². The molecule has 0 aliphatic rings. The van der Waals surface area contributed by atoms with Crippen LogP contribution in [-0.2, 0) is 24.9 Å². The van der Waals surface area contributed by atoms with Crippen LogP contribution >= 0.6 is 0 Å². The Hall–Kier alpha value is -3.34. The van der Waals surface area contributed by atoms with Gasteiger partial charge in [-0.3, -0.25) is 0 Å². The number of aromatic nitrogens is 5. The number of rotatable bonds is 5. The Bertz CT molecular complexity index is 1190. The first-order valence-electron chi connectivity index (χ1n) is 8.68. The second-order valence-electron chi connectivity index (χ2n) is 6.82. The van der Waals surface area contributed by atoms with Crippen LogP contribution in [0.4, 0.5) is 22.0 Å². The summed E-state index contributed by atoms with van der Waals surface area (Å²) < 4.78 is 69.8. The minimum atomic E-state index is -4.57. The van der Waals surface area contributed by atoms with Crippen LogP contribution in [0.25, 0.3) is 11.0 Å². The second-order valence-corrected chi connectivity index (χ2v) is 6.82. The summed E-state index contributed by atoms with van der Waals surface area (Å²) in [6.07, 6.45) is -0.814. The molecule has 2 aromatic carbocycles. The zero-order valence-electron chi connectivity index (χ0n) is 15.2. The van der Waals surface area contributed by atoms with Crippen LogP contribution in [-0.4, -0.2) is 29.4 Å². The Morgan fingerprint density at radius 2 is 1.77 bits per heavy atom. The van der Waals surface area contributed by atoms with Crippen molar-refractivity contribution in [2.24, 2.45) is 0 Å². The first-order chi connectivity index (χ1) is 14.2. The molecule has 0 saturated heterocycles. The van der Waals surface area contributed by atoms with Gasteiger partial charge in [-0.1, -0.05) is 6.07 Å². The van der Waals surface area contributed by atoms with Crippen molar-refractivity contribution in [1.82, 2.24) is 24.3 Å². The minimum Gasteiger partial charge on any atom is -0.381 e. The van der Waals surface area contributed by atoms with E-state index in [4.69, 9.17) is 0 Å². The number of aliphatic hydroxyl groups is 1. The molecule has 1 atom stereocenters. The molecule has 1 N–H and O–H groups in total. The summed E-state index contributed by atoms with van der Waals surface area (Å²) in [7, 11) is 0. The van der Waals surface area contributed by atoms with Crippen molar-refractivity contribution < 1.29 is 27.1 Å². The van der Waals surface area contributed by atoms with E-state index in [1.54, 1.807) is 0 Å². The highest BCUT2D eigenvalue weighted by Crippen LogP contribution is 2.33. The van der Waals surface area contributed by atoms with Crippen LogP contribution in [0.15, 0.2) is 55.4 Å². The highest BCUT2D eigenvalue weighted by atomic mass is 19.4. The van der Waals surface area contributed by atoms with Crippen LogP contribution in [0.5, 0.6) is 0 Å². The molecule has 1 unspecified atom stereocenters. The lowest BCUT2D eigenvalue weighted by Crippen LogP contribution is -2.37. The fourth-order valence-corrected chi connectivity index (χ4v) is 3.31. The van der Waals surface area contributed by atoms with Gasteiger partial charge >= 0.3 is 6.18 Å². The molecular formula is C19H14F5N5O. The Morgan fingerprint density at radius 3 is 2.43 bits per heavy atom. The largest absolute Gasteiger partial charge is 0.416 e. The maximum Gasteiger partial charge on any atom is 0.416 e. The standard InChI is InChI=1S/C19H14F5N5O/c20-13-2-3-14(15(21)6-13)18(30,8-29-10-25-9-27-29)7-28-11-26-16-4-1-12(5-17(16)28)19(22,23)24/h1-6,9-11,30H,7-8H2. The first kappa shape index (κ1) is 20.0. The Morgan fingerprint density at radius 1 is 0.967 bits per heavy atom. The lowest BCUT2D eigenvalue weighted by molar-refractivity contribution is -0.137. The van der Waals surface area contributed by atoms with E-state index in [0.29, 0.717) is 6.07 Å². The molecule has 0 bridgehead atoms. The van der Waals surface area contributed by atoms with Gasteiger partial charge in [0, 0.05) is 11.6 Å². The molecule has 4 rings (SSSR count). The maximum absolute atomic E-state index is 14.5. The molecular weight excluding hydrogens is 409 g/mol. The second kappa shape index (κ2) is 7.17. The van der Waals surface area contributed by atoms with Gasteiger partial charge in [0.05, 0.1) is 36.0 Å². The van der Waals surface area contributed by atoms with Crippen molar-refractivity contribution in [3.63, 3.8) is 0 Å². The van der Waals surface area contributed by atoms with Gasteiger partial charge in [0.1, 0.15) is 29.9 Å². The summed E-state index contributed by atoms with van der Waals surface area (Å²) in [5, 5.41) is 15.3. The molecule has 0 fully saturated rings. The predicted molar refractivity (Wildman–Crippen MR) is 95.0 cm³/mol. The van der Waals surface area contributed by atoms with Gasteiger partial charge in [0.2, 0.25) is 0 Å². The monoisotopic (exact) mass is 423 g/mol. The van der Waals surface area contributed by atoms with E-state index < -0.39 is 29.0 Å². The molecule has 2 heterocycles. The highest BCUT2D eigenvalue weighted by Gasteiger charge is 2.35. The van der Waals surface area contributed by atoms with Gasteiger partial charge < -0.3 is 9.67 Å². The van der Waals surface area contributed by atoms with Gasteiger partial charge in [-0.25, -0.2) is 23.4 Å². The van der Waals surface area contributed by atoms with Crippen molar-refractivity contribution in [2.45, 2.75) is 24.9 Å². The van der Waals surface area contributed by atoms with E-state index in [2.05, 4.69) is 15.1 Å². The third-order valence-electron chi connectivity index (χ3n) is 4.70. The third kappa shape index (κ3) is 3.75. The van der Waals surface area contributed by atoms with Crippen LogP contribution in [0.3, 0.4) is 0 Å². The number of imidazole rings is 1. The quantitative estimate of drug-likeness (QED) is 0.499. The van der Waals surface area contributed by atoms with Gasteiger partial charge in [-0.2, -0.15) is 18.3 Å². The molecule has 30 heavy (non-hydrogen) atoms. The van der Waals surface area contributed by atoms with Crippen molar-refractivity contribution in [2.75, 3.05) is 0 Å². The van der Waals surface area contributed by atoms with Crippen LogP contribution in [0, 0.1) is 11.6 Å². The molecule has 0 radical (unpaired) electrons. The lowest BCUT2D eigenvalue weighted by Gasteiger charge is -2.29. The third-order valence-corrected chi connectivity index (χ3v) is 4.70. The number of alkyl halides is 3. The number of fused-ring (bicyclic) bond motifs is 1. The topological polar surface area (TPSA) is 68.8 Å². The van der Waals surface area contributed by atoms with Gasteiger partial charge in [-0.15, -0.1) is 0 Å². The number of hydrogen-bond acceptors (Lipinski definition) is 4. The van der Waals surface area contributed by atoms with E-state index >= 15 is 0 Å². The molecule has 156 valence electrons. The Balaban J connectivity index is 1.80. The zero-order chi connectivity index (χ0) is 21.5. The normalized spacial score (nSPS) is 14.2. The first-order valence-corrected chi connectivity index (χ1v) is 8.68. The average Bonchev–Trinajstić information content (AvgIpc) is 3.30. The lowest BCUT2D eigenvalue weighted by atomic mass is 9.92. The molecule has 2 aromatic heterocycles. The molecule has 6 nitrogen and oxygen atoms in total. The summed E-state index contributed by atoms with van der Waals surface area (Å²) in [5.74, 6) is -1.83. The van der Waals surface area contributed by atoms with Crippen LogP contribution in [0.2, 0.25) is 0 Å². The molecule has 4 aromatic rings. The van der Waals surface area contributed by atoms with E-state index in [0.717, 1.165) is 24.3 Å². The molecule has 0 spiro atoms. The van der Waals surface area contributed by atoms with Crippen molar-refractivity contribution in [1.29, 1.82) is 0 Å². The summed E-state index contributed by atoms with van der Waals surface area (Å²) in [5.41, 5.74) is -2.75. The van der Waals surface area contributed by atoms with E-state index in [1.807, 2.05) is 0 Å². The van der Waals surface area contributed by atoms with E-state index in [1.165, 1.54) is 34.3 Å². The summed E-state index contributed by atoms with van der Waals surface area (Å²) in [4.78, 5) is 7.81. The van der Waals surface area contributed by atoms with Gasteiger partial charge in [0.25, 0.3) is 0 Å². The maximum atomic E-state index is 14.5. The van der Waals surface area contributed by atoms with Gasteiger partial charge in [-0.05, 0) is 24.3 Å². The van der Waals surface area contributed by atoms with Crippen molar-refractivity contribution in [3.8, 4) is 0 Å². The highest BCUT2D eigenvalue weighted by molar-refractivity contribution is 5.76. The zero-order valence-corrected chi connectivity index (χ0v) is 15.2. The van der Waals surface area contributed by atoms with E-state index in [9.17, 15) is 27.1 Å². The minimum absolute atomic E-state index is 0.101. The molecule has 0 amide bonds. The average molecular weight is 423 g/mol.